The number of benzene rings is 1. The number of anilines is 1. The molecule has 100 valence electrons. The summed E-state index contributed by atoms with van der Waals surface area (Å²) in [6, 6.07) is 9.18. The van der Waals surface area contributed by atoms with Gasteiger partial charge in [0.2, 0.25) is 0 Å². The largest absolute Gasteiger partial charge is 0.497 e. The second-order valence-electron chi connectivity index (χ2n) is 3.64. The van der Waals surface area contributed by atoms with Gasteiger partial charge in [0.15, 0.2) is 0 Å². The molecule has 0 amide bonds. The van der Waals surface area contributed by atoms with Crippen molar-refractivity contribution in [3.63, 3.8) is 0 Å². The van der Waals surface area contributed by atoms with E-state index in [1.54, 1.807) is 26.2 Å². The molecule has 0 aromatic heterocycles. The van der Waals surface area contributed by atoms with Gasteiger partial charge in [-0.1, -0.05) is 0 Å². The summed E-state index contributed by atoms with van der Waals surface area (Å²) in [6.07, 6.45) is 1.46. The average Bonchev–Trinajstić information content (AvgIpc) is 2.44. The summed E-state index contributed by atoms with van der Waals surface area (Å²) >= 11 is 0. The Morgan fingerprint density at radius 1 is 1.42 bits per heavy atom. The van der Waals surface area contributed by atoms with Crippen LogP contribution in [0.15, 0.2) is 36.0 Å². The molecule has 0 aliphatic heterocycles. The number of methoxy groups -OCH3 is 1. The quantitative estimate of drug-likeness (QED) is 0.628. The molecule has 0 aliphatic carbocycles. The second-order valence-corrected chi connectivity index (χ2v) is 3.64. The first kappa shape index (κ1) is 14.6. The summed E-state index contributed by atoms with van der Waals surface area (Å²) in [6.45, 7) is 2.03. The minimum atomic E-state index is -0.410. The van der Waals surface area contributed by atoms with Crippen LogP contribution in [0.2, 0.25) is 0 Å². The Kier molecular flexibility index (Phi) is 5.96. The van der Waals surface area contributed by atoms with Crippen LogP contribution in [0.5, 0.6) is 5.75 Å². The highest BCUT2D eigenvalue weighted by Gasteiger charge is 2.05. The number of nitriles is 1. The number of hydrogen-bond donors (Lipinski definition) is 1. The zero-order valence-electron chi connectivity index (χ0n) is 11.0. The molecule has 0 radical (unpaired) electrons. The van der Waals surface area contributed by atoms with Crippen LogP contribution >= 0.6 is 0 Å². The molecule has 0 aliphatic rings. The van der Waals surface area contributed by atoms with Gasteiger partial charge in [-0.05, 0) is 31.2 Å². The van der Waals surface area contributed by atoms with Crippen molar-refractivity contribution >= 4 is 11.7 Å². The van der Waals surface area contributed by atoms with Gasteiger partial charge in [0.1, 0.15) is 5.75 Å². The normalized spacial score (nSPS) is 10.5. The first-order chi connectivity index (χ1) is 9.19. The van der Waals surface area contributed by atoms with E-state index in [1.165, 1.54) is 6.20 Å². The number of nitrogens with one attached hydrogen (secondary N) is 1. The summed E-state index contributed by atoms with van der Waals surface area (Å²) in [7, 11) is 1.59. The lowest BCUT2D eigenvalue weighted by molar-refractivity contribution is -0.142. The fraction of sp³-hybridized carbons (Fsp3) is 0.286. The van der Waals surface area contributed by atoms with Crippen LogP contribution in [0.1, 0.15) is 13.3 Å². The van der Waals surface area contributed by atoms with Crippen LogP contribution in [-0.2, 0) is 9.53 Å². The van der Waals surface area contributed by atoms with Gasteiger partial charge in [-0.25, -0.2) is 0 Å². The summed E-state index contributed by atoms with van der Waals surface area (Å²) in [5.74, 6) is 0.341. The Hall–Kier alpha value is -2.48. The Balaban J connectivity index is 2.61. The SMILES string of the molecule is CCOC(=O)CC(C#N)=CNc1ccc(OC)cc1. The third-order valence-electron chi connectivity index (χ3n) is 2.29. The highest BCUT2D eigenvalue weighted by molar-refractivity contribution is 5.73. The van der Waals surface area contributed by atoms with Crippen molar-refractivity contribution in [3.8, 4) is 11.8 Å². The Morgan fingerprint density at radius 3 is 2.63 bits per heavy atom. The van der Waals surface area contributed by atoms with Gasteiger partial charge in [-0.3, -0.25) is 4.79 Å². The zero-order valence-corrected chi connectivity index (χ0v) is 11.0. The lowest BCUT2D eigenvalue weighted by atomic mass is 10.2. The molecule has 0 saturated heterocycles. The van der Waals surface area contributed by atoms with Crippen LogP contribution in [0.3, 0.4) is 0 Å². The van der Waals surface area contributed by atoms with E-state index in [0.717, 1.165) is 11.4 Å². The van der Waals surface area contributed by atoms with Crippen LogP contribution in [0.4, 0.5) is 5.69 Å². The number of carbonyl (C=O) groups excluding carboxylic acids is 1. The van der Waals surface area contributed by atoms with Gasteiger partial charge in [-0.2, -0.15) is 5.26 Å². The summed E-state index contributed by atoms with van der Waals surface area (Å²) in [4.78, 5) is 11.2. The summed E-state index contributed by atoms with van der Waals surface area (Å²) in [5, 5.41) is 11.9. The van der Waals surface area contributed by atoms with Gasteiger partial charge < -0.3 is 14.8 Å². The lowest BCUT2D eigenvalue weighted by Crippen LogP contribution is -2.05. The van der Waals surface area contributed by atoms with Gasteiger partial charge in [-0.15, -0.1) is 0 Å². The fourth-order valence-electron chi connectivity index (χ4n) is 1.35. The van der Waals surface area contributed by atoms with Crippen molar-refractivity contribution in [2.75, 3.05) is 19.0 Å². The topological polar surface area (TPSA) is 71.4 Å². The molecule has 5 nitrogen and oxygen atoms in total. The van der Waals surface area contributed by atoms with Crippen LogP contribution in [0, 0.1) is 11.3 Å². The standard InChI is InChI=1S/C14H16N2O3/c1-3-19-14(17)8-11(9-15)10-16-12-4-6-13(18-2)7-5-12/h4-7,10,16H,3,8H2,1-2H3. The minimum Gasteiger partial charge on any atom is -0.497 e. The van der Waals surface area contributed by atoms with E-state index in [9.17, 15) is 4.79 Å². The maximum absolute atomic E-state index is 11.2. The predicted molar refractivity (Wildman–Crippen MR) is 71.6 cm³/mol. The van der Waals surface area contributed by atoms with Crippen molar-refractivity contribution in [2.45, 2.75) is 13.3 Å². The fourth-order valence-corrected chi connectivity index (χ4v) is 1.35. The number of ether oxygens (including phenoxy) is 2. The van der Waals surface area contributed by atoms with Crippen molar-refractivity contribution < 1.29 is 14.3 Å². The van der Waals surface area contributed by atoms with E-state index in [2.05, 4.69) is 5.32 Å². The predicted octanol–water partition coefficient (Wildman–Crippen LogP) is 2.47. The number of hydrogen-bond acceptors (Lipinski definition) is 5. The number of carbonyl (C=O) groups is 1. The molecule has 5 heteroatoms. The van der Waals surface area contributed by atoms with Crippen molar-refractivity contribution in [1.29, 1.82) is 5.26 Å². The van der Waals surface area contributed by atoms with E-state index in [-0.39, 0.29) is 6.42 Å². The van der Waals surface area contributed by atoms with Crippen molar-refractivity contribution in [1.82, 2.24) is 0 Å². The molecule has 0 heterocycles. The maximum Gasteiger partial charge on any atom is 0.311 e. The number of esters is 1. The second kappa shape index (κ2) is 7.77. The molecule has 0 saturated carbocycles. The summed E-state index contributed by atoms with van der Waals surface area (Å²) < 4.78 is 9.82. The van der Waals surface area contributed by atoms with E-state index in [0.29, 0.717) is 12.2 Å². The van der Waals surface area contributed by atoms with Crippen molar-refractivity contribution in [3.05, 3.63) is 36.0 Å². The molecule has 1 aromatic rings. The summed E-state index contributed by atoms with van der Waals surface area (Å²) in [5.41, 5.74) is 1.12. The van der Waals surface area contributed by atoms with E-state index >= 15 is 0 Å². The molecule has 0 unspecified atom stereocenters. The number of nitrogens with zero attached hydrogens (tertiary/aromatic N) is 1. The Bertz CT molecular complexity index is 486. The zero-order chi connectivity index (χ0) is 14.1. The van der Waals surface area contributed by atoms with Gasteiger partial charge in [0.05, 0.1) is 31.8 Å². The molecule has 1 N–H and O–H groups in total. The molecular weight excluding hydrogens is 244 g/mol. The molecule has 1 rings (SSSR count). The van der Waals surface area contributed by atoms with Crippen LogP contribution < -0.4 is 10.1 Å². The maximum atomic E-state index is 11.2. The Morgan fingerprint density at radius 2 is 2.11 bits per heavy atom. The molecule has 0 spiro atoms. The third-order valence-corrected chi connectivity index (χ3v) is 2.29. The average molecular weight is 260 g/mol. The van der Waals surface area contributed by atoms with E-state index in [1.807, 2.05) is 18.2 Å². The van der Waals surface area contributed by atoms with Gasteiger partial charge in [0.25, 0.3) is 0 Å². The highest BCUT2D eigenvalue weighted by atomic mass is 16.5. The molecular formula is C14H16N2O3. The molecule has 19 heavy (non-hydrogen) atoms. The van der Waals surface area contributed by atoms with E-state index in [4.69, 9.17) is 14.7 Å². The molecule has 0 bridgehead atoms. The van der Waals surface area contributed by atoms with Gasteiger partial charge in [0, 0.05) is 11.9 Å². The first-order valence-corrected chi connectivity index (χ1v) is 5.85. The highest BCUT2D eigenvalue weighted by Crippen LogP contribution is 2.15. The number of rotatable bonds is 6. The first-order valence-electron chi connectivity index (χ1n) is 5.85. The van der Waals surface area contributed by atoms with E-state index < -0.39 is 5.97 Å². The van der Waals surface area contributed by atoms with Crippen LogP contribution in [0.25, 0.3) is 0 Å². The third kappa shape index (κ3) is 5.13. The smallest absolute Gasteiger partial charge is 0.311 e. The van der Waals surface area contributed by atoms with Crippen molar-refractivity contribution in [2.24, 2.45) is 0 Å². The van der Waals surface area contributed by atoms with Crippen LogP contribution in [-0.4, -0.2) is 19.7 Å². The van der Waals surface area contributed by atoms with Gasteiger partial charge >= 0.3 is 5.97 Å². The Labute approximate surface area is 112 Å². The molecule has 0 atom stereocenters. The minimum absolute atomic E-state index is 0.0342. The monoisotopic (exact) mass is 260 g/mol. The molecule has 0 fully saturated rings. The lowest BCUT2D eigenvalue weighted by Gasteiger charge is -2.04. The molecule has 1 aromatic carbocycles.